The summed E-state index contributed by atoms with van der Waals surface area (Å²) < 4.78 is 12.5. The maximum absolute atomic E-state index is 12.7. The lowest BCUT2D eigenvalue weighted by atomic mass is 10.1. The Labute approximate surface area is 202 Å². The van der Waals surface area contributed by atoms with Gasteiger partial charge in [0.2, 0.25) is 0 Å². The third-order valence-electron chi connectivity index (χ3n) is 4.88. The molecule has 0 spiro atoms. The Hall–Kier alpha value is -3.56. The molecule has 0 aromatic heterocycles. The topological polar surface area (TPSA) is 71.3 Å². The Balaban J connectivity index is 1.81. The SMILES string of the molecule is CCOc1cc(/C=C(/C#N)C(=O)N[C@@H](C)c2ccccc2)cc(Br)c1OCc1ccccc1. The minimum absolute atomic E-state index is 0.00471. The van der Waals surface area contributed by atoms with Crippen LogP contribution < -0.4 is 14.8 Å². The Bertz CT molecular complexity index is 1160. The second kappa shape index (κ2) is 11.9. The van der Waals surface area contributed by atoms with E-state index in [1.165, 1.54) is 0 Å². The molecule has 3 aromatic carbocycles. The molecule has 0 bridgehead atoms. The summed E-state index contributed by atoms with van der Waals surface area (Å²) in [6.07, 6.45) is 1.54. The lowest BCUT2D eigenvalue weighted by Gasteiger charge is -2.15. The van der Waals surface area contributed by atoms with Gasteiger partial charge in [-0.2, -0.15) is 5.26 Å². The molecule has 6 heteroatoms. The van der Waals surface area contributed by atoms with Gasteiger partial charge >= 0.3 is 0 Å². The first-order valence-electron chi connectivity index (χ1n) is 10.6. The van der Waals surface area contributed by atoms with Gasteiger partial charge in [0, 0.05) is 0 Å². The molecule has 1 N–H and O–H groups in total. The summed E-state index contributed by atoms with van der Waals surface area (Å²) in [5.41, 5.74) is 2.65. The second-order valence-electron chi connectivity index (χ2n) is 7.31. The number of carbonyl (C=O) groups is 1. The van der Waals surface area contributed by atoms with Gasteiger partial charge in [-0.05, 0) is 64.7 Å². The maximum atomic E-state index is 12.7. The summed E-state index contributed by atoms with van der Waals surface area (Å²) in [6, 6.07) is 24.8. The molecule has 168 valence electrons. The predicted molar refractivity (Wildman–Crippen MR) is 133 cm³/mol. The van der Waals surface area contributed by atoms with E-state index in [4.69, 9.17) is 9.47 Å². The fraction of sp³-hybridized carbons (Fsp3) is 0.185. The highest BCUT2D eigenvalue weighted by Crippen LogP contribution is 2.38. The van der Waals surface area contributed by atoms with Crippen molar-refractivity contribution in [2.75, 3.05) is 6.61 Å². The van der Waals surface area contributed by atoms with Crippen LogP contribution in [0.4, 0.5) is 0 Å². The molecular formula is C27H25BrN2O3. The van der Waals surface area contributed by atoms with Crippen LogP contribution in [0.2, 0.25) is 0 Å². The van der Waals surface area contributed by atoms with E-state index in [9.17, 15) is 10.1 Å². The van der Waals surface area contributed by atoms with Crippen molar-refractivity contribution in [3.63, 3.8) is 0 Å². The van der Waals surface area contributed by atoms with Crippen molar-refractivity contribution >= 4 is 27.9 Å². The van der Waals surface area contributed by atoms with Gasteiger partial charge in [-0.3, -0.25) is 4.79 Å². The second-order valence-corrected chi connectivity index (χ2v) is 8.17. The third-order valence-corrected chi connectivity index (χ3v) is 5.47. The van der Waals surface area contributed by atoms with Crippen LogP contribution in [-0.4, -0.2) is 12.5 Å². The van der Waals surface area contributed by atoms with E-state index < -0.39 is 5.91 Å². The molecule has 3 aromatic rings. The van der Waals surface area contributed by atoms with Crippen molar-refractivity contribution in [3.05, 3.63) is 99.5 Å². The van der Waals surface area contributed by atoms with E-state index in [-0.39, 0.29) is 11.6 Å². The molecule has 0 fully saturated rings. The number of ether oxygens (including phenoxy) is 2. The van der Waals surface area contributed by atoms with Crippen molar-refractivity contribution in [1.29, 1.82) is 5.26 Å². The third kappa shape index (κ3) is 6.71. The van der Waals surface area contributed by atoms with E-state index in [2.05, 4.69) is 21.2 Å². The van der Waals surface area contributed by atoms with Gasteiger partial charge in [-0.1, -0.05) is 60.7 Å². The van der Waals surface area contributed by atoms with Gasteiger partial charge in [0.15, 0.2) is 11.5 Å². The first kappa shape index (κ1) is 24.1. The number of benzene rings is 3. The molecule has 0 heterocycles. The van der Waals surface area contributed by atoms with Crippen molar-refractivity contribution in [2.24, 2.45) is 0 Å². The number of halogens is 1. The van der Waals surface area contributed by atoms with Gasteiger partial charge < -0.3 is 14.8 Å². The largest absolute Gasteiger partial charge is 0.490 e. The van der Waals surface area contributed by atoms with E-state index in [1.54, 1.807) is 18.2 Å². The van der Waals surface area contributed by atoms with Crippen LogP contribution in [0.15, 0.2) is 82.8 Å². The molecular weight excluding hydrogens is 480 g/mol. The molecule has 33 heavy (non-hydrogen) atoms. The zero-order chi connectivity index (χ0) is 23.6. The molecule has 0 aliphatic rings. The van der Waals surface area contributed by atoms with Gasteiger partial charge in [0.05, 0.1) is 17.1 Å². The highest BCUT2D eigenvalue weighted by atomic mass is 79.9. The smallest absolute Gasteiger partial charge is 0.262 e. The Morgan fingerprint density at radius 3 is 2.39 bits per heavy atom. The number of rotatable bonds is 9. The van der Waals surface area contributed by atoms with Crippen LogP contribution in [0.25, 0.3) is 6.08 Å². The lowest BCUT2D eigenvalue weighted by Crippen LogP contribution is -2.27. The predicted octanol–water partition coefficient (Wildman–Crippen LogP) is 6.21. The molecule has 0 saturated heterocycles. The summed E-state index contributed by atoms with van der Waals surface area (Å²) in [5, 5.41) is 12.5. The van der Waals surface area contributed by atoms with Crippen molar-refractivity contribution in [2.45, 2.75) is 26.5 Å². The van der Waals surface area contributed by atoms with Crippen LogP contribution in [0.5, 0.6) is 11.5 Å². The van der Waals surface area contributed by atoms with Crippen LogP contribution in [0, 0.1) is 11.3 Å². The van der Waals surface area contributed by atoms with E-state index >= 15 is 0 Å². The molecule has 1 atom stereocenters. The number of amides is 1. The minimum atomic E-state index is -0.438. The Morgan fingerprint density at radius 2 is 1.76 bits per heavy atom. The summed E-state index contributed by atoms with van der Waals surface area (Å²) in [5.74, 6) is 0.662. The van der Waals surface area contributed by atoms with Crippen LogP contribution in [0.1, 0.15) is 36.6 Å². The van der Waals surface area contributed by atoms with Crippen LogP contribution in [-0.2, 0) is 11.4 Å². The normalized spacial score (nSPS) is 11.9. The summed E-state index contributed by atoms with van der Waals surface area (Å²) in [6.45, 7) is 4.60. The number of nitriles is 1. The zero-order valence-electron chi connectivity index (χ0n) is 18.5. The average Bonchev–Trinajstić information content (AvgIpc) is 2.83. The molecule has 0 radical (unpaired) electrons. The average molecular weight is 505 g/mol. The van der Waals surface area contributed by atoms with Gasteiger partial charge in [-0.25, -0.2) is 0 Å². The number of nitrogens with one attached hydrogen (secondary N) is 1. The molecule has 0 aliphatic carbocycles. The fourth-order valence-electron chi connectivity index (χ4n) is 3.22. The highest BCUT2D eigenvalue weighted by Gasteiger charge is 2.16. The number of hydrogen-bond donors (Lipinski definition) is 1. The monoisotopic (exact) mass is 504 g/mol. The first-order chi connectivity index (χ1) is 16.0. The summed E-state index contributed by atoms with van der Waals surface area (Å²) in [4.78, 5) is 12.7. The van der Waals surface area contributed by atoms with Gasteiger partial charge in [0.1, 0.15) is 18.2 Å². The van der Waals surface area contributed by atoms with E-state index in [0.29, 0.717) is 34.7 Å². The van der Waals surface area contributed by atoms with Crippen LogP contribution in [0.3, 0.4) is 0 Å². The van der Waals surface area contributed by atoms with Crippen molar-refractivity contribution < 1.29 is 14.3 Å². The molecule has 0 aliphatic heterocycles. The fourth-order valence-corrected chi connectivity index (χ4v) is 3.79. The van der Waals surface area contributed by atoms with Gasteiger partial charge in [-0.15, -0.1) is 0 Å². The number of carbonyl (C=O) groups excluding carboxylic acids is 1. The Kier molecular flexibility index (Phi) is 8.68. The quantitative estimate of drug-likeness (QED) is 0.277. The summed E-state index contributed by atoms with van der Waals surface area (Å²) in [7, 11) is 0. The van der Waals surface area contributed by atoms with E-state index in [1.807, 2.05) is 80.6 Å². The number of nitrogens with zero attached hydrogens (tertiary/aromatic N) is 1. The van der Waals surface area contributed by atoms with Crippen molar-refractivity contribution in [1.82, 2.24) is 5.32 Å². The Morgan fingerprint density at radius 1 is 1.09 bits per heavy atom. The highest BCUT2D eigenvalue weighted by molar-refractivity contribution is 9.10. The molecule has 0 saturated carbocycles. The summed E-state index contributed by atoms with van der Waals surface area (Å²) >= 11 is 3.54. The molecule has 1 amide bonds. The molecule has 5 nitrogen and oxygen atoms in total. The molecule has 3 rings (SSSR count). The minimum Gasteiger partial charge on any atom is -0.490 e. The molecule has 0 unspecified atom stereocenters. The first-order valence-corrected chi connectivity index (χ1v) is 11.4. The van der Waals surface area contributed by atoms with Gasteiger partial charge in [0.25, 0.3) is 5.91 Å². The maximum Gasteiger partial charge on any atom is 0.262 e. The van der Waals surface area contributed by atoms with Crippen LogP contribution >= 0.6 is 15.9 Å². The lowest BCUT2D eigenvalue weighted by molar-refractivity contribution is -0.117. The standard InChI is InChI=1S/C27H25BrN2O3/c1-3-32-25-16-21(15-24(28)26(25)33-18-20-10-6-4-7-11-20)14-23(17-29)27(31)30-19(2)22-12-8-5-9-13-22/h4-16,19H,3,18H2,1-2H3,(H,30,31)/b23-14-/t19-/m0/s1. The van der Waals surface area contributed by atoms with Crippen molar-refractivity contribution in [3.8, 4) is 17.6 Å². The number of hydrogen-bond acceptors (Lipinski definition) is 4. The zero-order valence-corrected chi connectivity index (χ0v) is 20.1. The van der Waals surface area contributed by atoms with E-state index in [0.717, 1.165) is 11.1 Å².